The van der Waals surface area contributed by atoms with Crippen LogP contribution in [0.15, 0.2) is 42.5 Å². The molecule has 0 saturated heterocycles. The van der Waals surface area contributed by atoms with Crippen LogP contribution in [0.2, 0.25) is 0 Å². The normalized spacial score (nSPS) is 12.6. The summed E-state index contributed by atoms with van der Waals surface area (Å²) in [6.45, 7) is 3.80. The molecule has 3 heteroatoms. The molecule has 0 radical (unpaired) electrons. The minimum atomic E-state index is -0.482. The molecular formula is C15H20N2O. The summed E-state index contributed by atoms with van der Waals surface area (Å²) in [7, 11) is 0. The Labute approximate surface area is 108 Å². The fraction of sp³-hybridized carbons (Fsp3) is 0.333. The Morgan fingerprint density at radius 1 is 1.17 bits per heavy atom. The Hall–Kier alpha value is -1.58. The zero-order valence-corrected chi connectivity index (χ0v) is 10.7. The highest BCUT2D eigenvalue weighted by atomic mass is 16.3. The molecule has 0 aliphatic heterocycles. The van der Waals surface area contributed by atoms with Crippen molar-refractivity contribution in [3.63, 3.8) is 0 Å². The quantitative estimate of drug-likeness (QED) is 0.845. The summed E-state index contributed by atoms with van der Waals surface area (Å²) in [6, 6.07) is 14.5. The van der Waals surface area contributed by atoms with Gasteiger partial charge in [-0.1, -0.05) is 36.4 Å². The molecule has 0 bridgehead atoms. The van der Waals surface area contributed by atoms with Crippen LogP contribution in [0.4, 0.5) is 5.69 Å². The van der Waals surface area contributed by atoms with Gasteiger partial charge < -0.3 is 15.7 Å². The first kappa shape index (κ1) is 12.9. The summed E-state index contributed by atoms with van der Waals surface area (Å²) in [5.41, 5.74) is 6.64. The van der Waals surface area contributed by atoms with Crippen molar-refractivity contribution in [3.05, 3.63) is 42.5 Å². The van der Waals surface area contributed by atoms with E-state index in [4.69, 9.17) is 5.73 Å². The van der Waals surface area contributed by atoms with E-state index in [2.05, 4.69) is 42.2 Å². The highest BCUT2D eigenvalue weighted by Crippen LogP contribution is 2.26. The lowest BCUT2D eigenvalue weighted by Gasteiger charge is -2.26. The molecule has 0 heterocycles. The summed E-state index contributed by atoms with van der Waals surface area (Å²) in [5, 5.41) is 12.2. The lowest BCUT2D eigenvalue weighted by molar-refractivity contribution is 0.188. The largest absolute Gasteiger partial charge is 0.390 e. The van der Waals surface area contributed by atoms with E-state index in [-0.39, 0.29) is 0 Å². The Morgan fingerprint density at radius 3 is 2.61 bits per heavy atom. The van der Waals surface area contributed by atoms with Gasteiger partial charge in [-0.2, -0.15) is 0 Å². The Bertz CT molecular complexity index is 507. The Kier molecular flexibility index (Phi) is 4.18. The summed E-state index contributed by atoms with van der Waals surface area (Å²) >= 11 is 0. The second-order valence-electron chi connectivity index (χ2n) is 4.43. The van der Waals surface area contributed by atoms with Crippen molar-refractivity contribution in [3.8, 4) is 0 Å². The lowest BCUT2D eigenvalue weighted by atomic mass is 10.1. The summed E-state index contributed by atoms with van der Waals surface area (Å²) in [6.07, 6.45) is -0.482. The maximum atomic E-state index is 9.73. The van der Waals surface area contributed by atoms with Gasteiger partial charge in [-0.3, -0.25) is 0 Å². The van der Waals surface area contributed by atoms with E-state index in [0.717, 1.165) is 12.2 Å². The zero-order chi connectivity index (χ0) is 13.0. The maximum Gasteiger partial charge on any atom is 0.0836 e. The van der Waals surface area contributed by atoms with Crippen LogP contribution in [0.25, 0.3) is 10.8 Å². The van der Waals surface area contributed by atoms with Gasteiger partial charge in [0.25, 0.3) is 0 Å². The third kappa shape index (κ3) is 2.63. The van der Waals surface area contributed by atoms with Gasteiger partial charge in [-0.05, 0) is 18.4 Å². The van der Waals surface area contributed by atoms with E-state index >= 15 is 0 Å². The first-order chi connectivity index (χ1) is 8.76. The third-order valence-corrected chi connectivity index (χ3v) is 3.19. The van der Waals surface area contributed by atoms with E-state index in [1.165, 1.54) is 10.8 Å². The molecule has 0 unspecified atom stereocenters. The average molecular weight is 244 g/mol. The number of aliphatic hydroxyl groups excluding tert-OH is 1. The molecule has 1 atom stereocenters. The van der Waals surface area contributed by atoms with Crippen molar-refractivity contribution in [2.45, 2.75) is 13.0 Å². The van der Waals surface area contributed by atoms with Crippen LogP contribution in [-0.2, 0) is 0 Å². The molecule has 0 fully saturated rings. The number of hydrogen-bond donors (Lipinski definition) is 2. The van der Waals surface area contributed by atoms with E-state index < -0.39 is 6.10 Å². The number of likely N-dealkylation sites (N-methyl/N-ethyl adjacent to an activating group) is 1. The van der Waals surface area contributed by atoms with Crippen molar-refractivity contribution < 1.29 is 5.11 Å². The summed E-state index contributed by atoms with van der Waals surface area (Å²) in [5.74, 6) is 0. The first-order valence-corrected chi connectivity index (χ1v) is 6.37. The molecule has 0 amide bonds. The zero-order valence-electron chi connectivity index (χ0n) is 10.7. The topological polar surface area (TPSA) is 49.5 Å². The van der Waals surface area contributed by atoms with Gasteiger partial charge in [0, 0.05) is 30.7 Å². The Balaban J connectivity index is 2.38. The van der Waals surface area contributed by atoms with Crippen LogP contribution >= 0.6 is 0 Å². The number of nitrogens with zero attached hydrogens (tertiary/aromatic N) is 1. The number of anilines is 1. The monoisotopic (exact) mass is 244 g/mol. The first-order valence-electron chi connectivity index (χ1n) is 6.37. The molecule has 2 aromatic rings. The molecule has 3 nitrogen and oxygen atoms in total. The molecule has 2 rings (SSSR count). The fourth-order valence-corrected chi connectivity index (χ4v) is 2.21. The highest BCUT2D eigenvalue weighted by molar-refractivity contribution is 5.94. The number of hydrogen-bond acceptors (Lipinski definition) is 3. The van der Waals surface area contributed by atoms with Gasteiger partial charge >= 0.3 is 0 Å². The van der Waals surface area contributed by atoms with Crippen molar-refractivity contribution in [1.29, 1.82) is 0 Å². The molecule has 0 aliphatic rings. The van der Waals surface area contributed by atoms with Gasteiger partial charge in [0.2, 0.25) is 0 Å². The van der Waals surface area contributed by atoms with Crippen LogP contribution in [0, 0.1) is 0 Å². The van der Waals surface area contributed by atoms with E-state index in [9.17, 15) is 5.11 Å². The molecule has 0 saturated carbocycles. The van der Waals surface area contributed by atoms with Crippen LogP contribution < -0.4 is 10.6 Å². The van der Waals surface area contributed by atoms with E-state index in [0.29, 0.717) is 13.1 Å². The SMILES string of the molecule is CCN(C[C@H](O)CN)c1cccc2ccccc12. The van der Waals surface area contributed by atoms with Crippen LogP contribution in [0.3, 0.4) is 0 Å². The minimum Gasteiger partial charge on any atom is -0.390 e. The standard InChI is InChI=1S/C15H20N2O/c1-2-17(11-13(18)10-16)15-9-5-7-12-6-3-4-8-14(12)15/h3-9,13,18H,2,10-11,16H2,1H3/t13-/m1/s1. The smallest absolute Gasteiger partial charge is 0.0836 e. The van der Waals surface area contributed by atoms with Crippen LogP contribution in [0.1, 0.15) is 6.92 Å². The van der Waals surface area contributed by atoms with Crippen molar-refractivity contribution in [1.82, 2.24) is 0 Å². The number of benzene rings is 2. The molecule has 0 aromatic heterocycles. The summed E-state index contributed by atoms with van der Waals surface area (Å²) < 4.78 is 0. The molecule has 0 aliphatic carbocycles. The van der Waals surface area contributed by atoms with E-state index in [1.807, 2.05) is 12.1 Å². The van der Waals surface area contributed by atoms with Crippen molar-refractivity contribution in [2.75, 3.05) is 24.5 Å². The van der Waals surface area contributed by atoms with Gasteiger partial charge in [0.1, 0.15) is 0 Å². The van der Waals surface area contributed by atoms with Crippen LogP contribution in [0.5, 0.6) is 0 Å². The second-order valence-corrected chi connectivity index (χ2v) is 4.43. The average Bonchev–Trinajstić information content (AvgIpc) is 2.44. The second kappa shape index (κ2) is 5.85. The number of nitrogens with two attached hydrogens (primary N) is 1. The lowest BCUT2D eigenvalue weighted by Crippen LogP contribution is -2.36. The van der Waals surface area contributed by atoms with Crippen molar-refractivity contribution >= 4 is 16.5 Å². The van der Waals surface area contributed by atoms with E-state index in [1.54, 1.807) is 0 Å². The maximum absolute atomic E-state index is 9.73. The number of rotatable bonds is 5. The van der Waals surface area contributed by atoms with Gasteiger partial charge in [-0.15, -0.1) is 0 Å². The molecular weight excluding hydrogens is 224 g/mol. The van der Waals surface area contributed by atoms with Gasteiger partial charge in [0.05, 0.1) is 6.10 Å². The Morgan fingerprint density at radius 2 is 1.89 bits per heavy atom. The van der Waals surface area contributed by atoms with Crippen LogP contribution in [-0.4, -0.2) is 30.8 Å². The minimum absolute atomic E-state index is 0.293. The van der Waals surface area contributed by atoms with Gasteiger partial charge in [-0.25, -0.2) is 0 Å². The molecule has 2 aromatic carbocycles. The van der Waals surface area contributed by atoms with Crippen molar-refractivity contribution in [2.24, 2.45) is 5.73 Å². The third-order valence-electron chi connectivity index (χ3n) is 3.19. The van der Waals surface area contributed by atoms with Gasteiger partial charge in [0.15, 0.2) is 0 Å². The number of fused-ring (bicyclic) bond motifs is 1. The summed E-state index contributed by atoms with van der Waals surface area (Å²) in [4.78, 5) is 2.17. The molecule has 0 spiro atoms. The molecule has 96 valence electrons. The molecule has 3 N–H and O–H groups in total. The highest BCUT2D eigenvalue weighted by Gasteiger charge is 2.11. The number of aliphatic hydroxyl groups is 1. The fourth-order valence-electron chi connectivity index (χ4n) is 2.21. The molecule has 18 heavy (non-hydrogen) atoms. The predicted octanol–water partition coefficient (Wildman–Crippen LogP) is 1.99. The predicted molar refractivity (Wildman–Crippen MR) is 76.9 cm³/mol.